The maximum absolute atomic E-state index is 12.9. The Morgan fingerprint density at radius 3 is 2.10 bits per heavy atom. The van der Waals surface area contributed by atoms with Crippen molar-refractivity contribution in [3.05, 3.63) is 46.4 Å². The molecule has 0 aliphatic rings. The van der Waals surface area contributed by atoms with Crippen molar-refractivity contribution in [3.8, 4) is 11.5 Å². The van der Waals surface area contributed by atoms with E-state index < -0.39 is 15.9 Å². The quantitative estimate of drug-likeness (QED) is 0.470. The highest BCUT2D eigenvalue weighted by Gasteiger charge is 2.22. The number of hydrogen-bond acceptors (Lipinski definition) is 5. The fourth-order valence-corrected chi connectivity index (χ4v) is 4.39. The molecule has 0 amide bonds. The van der Waals surface area contributed by atoms with Crippen LogP contribution in [0.3, 0.4) is 0 Å². The topological polar surface area (TPSA) is 72.8 Å². The van der Waals surface area contributed by atoms with Crippen molar-refractivity contribution in [1.82, 2.24) is 0 Å². The minimum absolute atomic E-state index is 0.0414. The van der Waals surface area contributed by atoms with E-state index >= 15 is 0 Å². The smallest absolute Gasteiger partial charge is 0.206 e. The van der Waals surface area contributed by atoms with Crippen LogP contribution in [0, 0.1) is 5.92 Å². The van der Waals surface area contributed by atoms with Crippen LogP contribution >= 0.6 is 34.8 Å². The van der Waals surface area contributed by atoms with Gasteiger partial charge in [0.05, 0.1) is 32.5 Å². The second-order valence-corrected chi connectivity index (χ2v) is 9.71. The predicted octanol–water partition coefficient (Wildman–Crippen LogP) is 5.23. The molecule has 5 nitrogen and oxygen atoms in total. The third-order valence-corrected chi connectivity index (χ3v) is 6.94. The van der Waals surface area contributed by atoms with Gasteiger partial charge >= 0.3 is 0 Å². The van der Waals surface area contributed by atoms with Gasteiger partial charge in [-0.05, 0) is 42.8 Å². The van der Waals surface area contributed by atoms with Crippen LogP contribution < -0.4 is 9.47 Å². The van der Waals surface area contributed by atoms with E-state index in [0.29, 0.717) is 24.7 Å². The van der Waals surface area contributed by atoms with Gasteiger partial charge in [0, 0.05) is 11.8 Å². The summed E-state index contributed by atoms with van der Waals surface area (Å²) in [6.07, 6.45) is -0.00535. The summed E-state index contributed by atoms with van der Waals surface area (Å²) in [5.41, 5.74) is 0. The average molecular weight is 482 g/mol. The second-order valence-electron chi connectivity index (χ2n) is 6.63. The van der Waals surface area contributed by atoms with Crippen LogP contribution in [-0.4, -0.2) is 38.7 Å². The van der Waals surface area contributed by atoms with Crippen LogP contribution in [-0.2, 0) is 9.84 Å². The van der Waals surface area contributed by atoms with Crippen LogP contribution in [0.2, 0.25) is 10.0 Å². The molecule has 1 N–H and O–H groups in total. The Bertz CT molecular complexity index is 893. The molecule has 0 aliphatic carbocycles. The molecule has 2 rings (SSSR count). The van der Waals surface area contributed by atoms with Gasteiger partial charge in [0.25, 0.3) is 0 Å². The molecular weight excluding hydrogens is 459 g/mol. The highest BCUT2D eigenvalue weighted by molar-refractivity contribution is 7.91. The maximum Gasteiger partial charge on any atom is 0.206 e. The highest BCUT2D eigenvalue weighted by Crippen LogP contribution is 2.37. The lowest BCUT2D eigenvalue weighted by Crippen LogP contribution is -2.16. The van der Waals surface area contributed by atoms with Crippen molar-refractivity contribution in [2.45, 2.75) is 36.2 Å². The number of sulfone groups is 1. The Kier molecular flexibility index (Phi) is 8.91. The Labute approximate surface area is 186 Å². The summed E-state index contributed by atoms with van der Waals surface area (Å²) in [7, 11) is -3.84. The van der Waals surface area contributed by atoms with Crippen LogP contribution in [0.1, 0.15) is 20.3 Å². The zero-order chi connectivity index (χ0) is 21.6. The molecule has 0 aromatic heterocycles. The summed E-state index contributed by atoms with van der Waals surface area (Å²) >= 11 is 18.2. The van der Waals surface area contributed by atoms with Crippen LogP contribution in [0.25, 0.3) is 0 Å². The summed E-state index contributed by atoms with van der Waals surface area (Å²) in [4.78, 5) is 0.0257. The van der Waals surface area contributed by atoms with E-state index in [2.05, 4.69) is 0 Å². The number of ether oxygens (including phenoxy) is 2. The van der Waals surface area contributed by atoms with Gasteiger partial charge in [0.2, 0.25) is 9.84 Å². The molecule has 9 heteroatoms. The van der Waals surface area contributed by atoms with E-state index in [1.807, 2.05) is 13.8 Å². The van der Waals surface area contributed by atoms with Gasteiger partial charge in [-0.15, -0.1) is 11.6 Å². The first kappa shape index (κ1) is 24.1. The first-order chi connectivity index (χ1) is 13.7. The minimum atomic E-state index is -3.84. The molecule has 2 atom stereocenters. The van der Waals surface area contributed by atoms with Crippen LogP contribution in [0.5, 0.6) is 11.5 Å². The molecule has 0 heterocycles. The molecule has 0 saturated carbocycles. The minimum Gasteiger partial charge on any atom is -0.491 e. The molecule has 29 heavy (non-hydrogen) atoms. The van der Waals surface area contributed by atoms with Gasteiger partial charge in [-0.25, -0.2) is 8.42 Å². The molecular formula is C20H23Cl3O5S. The van der Waals surface area contributed by atoms with Crippen molar-refractivity contribution in [1.29, 1.82) is 0 Å². The lowest BCUT2D eigenvalue weighted by molar-refractivity contribution is 0.104. The van der Waals surface area contributed by atoms with E-state index in [1.54, 1.807) is 0 Å². The Balaban J connectivity index is 2.22. The second kappa shape index (κ2) is 10.7. The van der Waals surface area contributed by atoms with Gasteiger partial charge in [0.15, 0.2) is 5.75 Å². The summed E-state index contributed by atoms with van der Waals surface area (Å²) in [6.45, 7) is 4.19. The van der Waals surface area contributed by atoms with Gasteiger partial charge < -0.3 is 14.6 Å². The molecule has 0 saturated heterocycles. The first-order valence-electron chi connectivity index (χ1n) is 9.02. The van der Waals surface area contributed by atoms with E-state index in [4.69, 9.17) is 44.3 Å². The Morgan fingerprint density at radius 1 is 1.00 bits per heavy atom. The Hall–Kier alpha value is -1.18. The Morgan fingerprint density at radius 2 is 1.59 bits per heavy atom. The molecule has 0 spiro atoms. The van der Waals surface area contributed by atoms with Gasteiger partial charge in [0.1, 0.15) is 12.4 Å². The SMILES string of the molecule is CC[C@@H](O)COc1ccc(S(=O)(=O)c2cc(Cl)c(OC[C@@H](C)CCl)c(Cl)c2)cc1. The van der Waals surface area contributed by atoms with Crippen LogP contribution in [0.4, 0.5) is 0 Å². The van der Waals surface area contributed by atoms with E-state index in [1.165, 1.54) is 36.4 Å². The molecule has 2 aromatic carbocycles. The molecule has 0 unspecified atom stereocenters. The number of halogens is 3. The van der Waals surface area contributed by atoms with Gasteiger partial charge in [-0.1, -0.05) is 37.0 Å². The average Bonchev–Trinajstić information content (AvgIpc) is 2.71. The number of hydrogen-bond donors (Lipinski definition) is 1. The lowest BCUT2D eigenvalue weighted by atomic mass is 10.2. The van der Waals surface area contributed by atoms with Crippen molar-refractivity contribution < 1.29 is 23.0 Å². The number of alkyl halides is 1. The van der Waals surface area contributed by atoms with Crippen molar-refractivity contribution in [2.24, 2.45) is 5.92 Å². The molecule has 160 valence electrons. The molecule has 0 aliphatic heterocycles. The predicted molar refractivity (Wildman–Crippen MR) is 116 cm³/mol. The van der Waals surface area contributed by atoms with Crippen molar-refractivity contribution in [2.75, 3.05) is 19.1 Å². The largest absolute Gasteiger partial charge is 0.491 e. The summed E-state index contributed by atoms with van der Waals surface area (Å²) in [5, 5.41) is 9.75. The third-order valence-electron chi connectivity index (χ3n) is 4.11. The highest BCUT2D eigenvalue weighted by atomic mass is 35.5. The molecule has 0 fully saturated rings. The van der Waals surface area contributed by atoms with Gasteiger partial charge in [-0.3, -0.25) is 0 Å². The molecule has 0 bridgehead atoms. The standard InChI is InChI=1S/C20H23Cl3O5S/c1-3-14(24)12-27-15-4-6-16(7-5-15)29(25,26)17-8-18(22)20(19(23)9-17)28-11-13(2)10-21/h4-9,13-14,24H,3,10-12H2,1-2H3/t13-,14+/m0/s1. The summed E-state index contributed by atoms with van der Waals surface area (Å²) in [6, 6.07) is 8.54. The van der Waals surface area contributed by atoms with Crippen molar-refractivity contribution >= 4 is 44.6 Å². The van der Waals surface area contributed by atoms with E-state index in [0.717, 1.165) is 0 Å². The third kappa shape index (κ3) is 6.40. The maximum atomic E-state index is 12.9. The van der Waals surface area contributed by atoms with E-state index in [9.17, 15) is 13.5 Å². The monoisotopic (exact) mass is 480 g/mol. The summed E-state index contributed by atoms with van der Waals surface area (Å²) in [5.74, 6) is 1.19. The lowest BCUT2D eigenvalue weighted by Gasteiger charge is -2.15. The summed E-state index contributed by atoms with van der Waals surface area (Å²) < 4.78 is 36.9. The molecule has 2 aromatic rings. The number of aliphatic hydroxyl groups is 1. The fourth-order valence-electron chi connectivity index (χ4n) is 2.26. The first-order valence-corrected chi connectivity index (χ1v) is 11.8. The fraction of sp³-hybridized carbons (Fsp3) is 0.400. The number of aliphatic hydroxyl groups excluding tert-OH is 1. The zero-order valence-corrected chi connectivity index (χ0v) is 19.2. The number of benzene rings is 2. The van der Waals surface area contributed by atoms with Gasteiger partial charge in [-0.2, -0.15) is 0 Å². The van der Waals surface area contributed by atoms with Crippen LogP contribution in [0.15, 0.2) is 46.2 Å². The van der Waals surface area contributed by atoms with E-state index in [-0.39, 0.29) is 38.1 Å². The van der Waals surface area contributed by atoms with Crippen molar-refractivity contribution in [3.63, 3.8) is 0 Å². The zero-order valence-electron chi connectivity index (χ0n) is 16.1. The number of rotatable bonds is 10. The molecule has 0 radical (unpaired) electrons. The normalized spacial score (nSPS) is 13.7.